The molecule has 0 saturated carbocycles. The lowest BCUT2D eigenvalue weighted by Crippen LogP contribution is -2.12. The molecular weight excluding hydrogens is 422 g/mol. The molecule has 0 radical (unpaired) electrons. The maximum atomic E-state index is 12.6. The third-order valence-corrected chi connectivity index (χ3v) is 5.03. The molecule has 8 heteroatoms. The van der Waals surface area contributed by atoms with Crippen molar-refractivity contribution in [2.24, 2.45) is 0 Å². The molecule has 5 rings (SSSR count). The Labute approximate surface area is 187 Å². The molecule has 3 aromatic carbocycles. The predicted octanol–water partition coefficient (Wildman–Crippen LogP) is 4.97. The predicted molar refractivity (Wildman–Crippen MR) is 120 cm³/mol. The number of anilines is 1. The maximum absolute atomic E-state index is 12.6. The number of benzene rings is 3. The Morgan fingerprint density at radius 2 is 1.55 bits per heavy atom. The minimum absolute atomic E-state index is 0.0770. The Kier molecular flexibility index (Phi) is 5.16. The van der Waals surface area contributed by atoms with E-state index in [1.54, 1.807) is 67.8 Å². The van der Waals surface area contributed by atoms with Crippen LogP contribution in [0.1, 0.15) is 26.3 Å². The fraction of sp³-hybridized carbons (Fsp3) is 0.0400. The highest BCUT2D eigenvalue weighted by atomic mass is 16.5. The first-order valence-electron chi connectivity index (χ1n) is 10.0. The first-order valence-corrected chi connectivity index (χ1v) is 10.0. The second-order valence-electron chi connectivity index (χ2n) is 7.13. The molecule has 2 heterocycles. The van der Waals surface area contributed by atoms with E-state index in [2.05, 4.69) is 15.5 Å². The van der Waals surface area contributed by atoms with Gasteiger partial charge in [0.1, 0.15) is 0 Å². The van der Waals surface area contributed by atoms with Crippen LogP contribution in [-0.4, -0.2) is 29.0 Å². The zero-order chi connectivity index (χ0) is 22.8. The summed E-state index contributed by atoms with van der Waals surface area (Å²) in [6.45, 7) is 0. The summed E-state index contributed by atoms with van der Waals surface area (Å²) >= 11 is 0. The number of methoxy groups -OCH3 is 1. The number of amides is 1. The minimum atomic E-state index is -0.449. The number of carbonyl (C=O) groups is 2. The van der Waals surface area contributed by atoms with E-state index in [1.165, 1.54) is 0 Å². The molecule has 8 nitrogen and oxygen atoms in total. The fourth-order valence-electron chi connectivity index (χ4n) is 3.37. The molecule has 2 aromatic heterocycles. The average Bonchev–Trinajstić information content (AvgIpc) is 3.51. The summed E-state index contributed by atoms with van der Waals surface area (Å²) in [5.74, 6) is 0.487. The van der Waals surface area contributed by atoms with E-state index in [-0.39, 0.29) is 17.7 Å². The Hall–Kier alpha value is -4.72. The second-order valence-corrected chi connectivity index (χ2v) is 7.13. The van der Waals surface area contributed by atoms with Crippen LogP contribution >= 0.6 is 0 Å². The summed E-state index contributed by atoms with van der Waals surface area (Å²) in [6, 6.07) is 22.4. The van der Waals surface area contributed by atoms with Gasteiger partial charge >= 0.3 is 6.01 Å². The summed E-state index contributed by atoms with van der Waals surface area (Å²) in [5, 5.41) is 11.2. The van der Waals surface area contributed by atoms with Crippen molar-refractivity contribution in [3.8, 4) is 17.4 Å². The highest BCUT2D eigenvalue weighted by Gasteiger charge is 2.18. The zero-order valence-corrected chi connectivity index (χ0v) is 17.4. The smallest absolute Gasteiger partial charge is 0.322 e. The third kappa shape index (κ3) is 3.97. The van der Waals surface area contributed by atoms with Crippen molar-refractivity contribution >= 4 is 28.7 Å². The number of para-hydroxylation sites is 1. The van der Waals surface area contributed by atoms with Gasteiger partial charge < -0.3 is 13.6 Å². The highest BCUT2D eigenvalue weighted by molar-refractivity contribution is 6.10. The van der Waals surface area contributed by atoms with Crippen molar-refractivity contribution in [3.63, 3.8) is 0 Å². The SMILES string of the molecule is COc1cccc2cc(-c3nnc(NC(=O)c4ccc(C(=O)c5ccccc5)cc4)o3)oc12. The van der Waals surface area contributed by atoms with E-state index in [0.29, 0.717) is 33.8 Å². The van der Waals surface area contributed by atoms with Crippen LogP contribution in [0.2, 0.25) is 0 Å². The number of fused-ring (bicyclic) bond motifs is 1. The molecule has 0 aliphatic heterocycles. The van der Waals surface area contributed by atoms with Crippen molar-refractivity contribution < 1.29 is 23.2 Å². The number of ether oxygens (including phenoxy) is 1. The summed E-state index contributed by atoms with van der Waals surface area (Å²) in [7, 11) is 1.56. The van der Waals surface area contributed by atoms with Gasteiger partial charge in [-0.1, -0.05) is 59.7 Å². The molecule has 0 fully saturated rings. The molecule has 1 N–H and O–H groups in total. The summed E-state index contributed by atoms with van der Waals surface area (Å²) < 4.78 is 16.6. The number of ketones is 1. The Bertz CT molecular complexity index is 1450. The largest absolute Gasteiger partial charge is 0.493 e. The molecule has 0 unspecified atom stereocenters. The van der Waals surface area contributed by atoms with Gasteiger partial charge in [0.2, 0.25) is 0 Å². The summed E-state index contributed by atoms with van der Waals surface area (Å²) in [5.41, 5.74) is 1.96. The lowest BCUT2D eigenvalue weighted by atomic mass is 10.0. The van der Waals surface area contributed by atoms with Crippen molar-refractivity contribution in [1.29, 1.82) is 0 Å². The molecule has 0 bridgehead atoms. The molecule has 0 aliphatic rings. The van der Waals surface area contributed by atoms with Crippen LogP contribution in [0.15, 0.2) is 87.7 Å². The number of furan rings is 1. The van der Waals surface area contributed by atoms with E-state index < -0.39 is 5.91 Å². The molecule has 0 aliphatic carbocycles. The Morgan fingerprint density at radius 3 is 2.30 bits per heavy atom. The normalized spacial score (nSPS) is 10.8. The van der Waals surface area contributed by atoms with E-state index in [4.69, 9.17) is 13.6 Å². The fourth-order valence-corrected chi connectivity index (χ4v) is 3.37. The second kappa shape index (κ2) is 8.43. The number of hydrogen-bond donors (Lipinski definition) is 1. The van der Waals surface area contributed by atoms with Crippen molar-refractivity contribution in [2.75, 3.05) is 12.4 Å². The average molecular weight is 439 g/mol. The van der Waals surface area contributed by atoms with Gasteiger partial charge in [-0.3, -0.25) is 14.9 Å². The molecular formula is C25H17N3O5. The molecule has 0 saturated heterocycles. The number of carbonyl (C=O) groups excluding carboxylic acids is 2. The van der Waals surface area contributed by atoms with Gasteiger partial charge in [0.15, 0.2) is 22.9 Å². The number of rotatable bonds is 6. The first-order chi connectivity index (χ1) is 16.1. The Morgan fingerprint density at radius 1 is 0.818 bits per heavy atom. The van der Waals surface area contributed by atoms with Gasteiger partial charge in [0, 0.05) is 22.1 Å². The van der Waals surface area contributed by atoms with Crippen LogP contribution in [0.25, 0.3) is 22.6 Å². The topological polar surface area (TPSA) is 107 Å². The van der Waals surface area contributed by atoms with Gasteiger partial charge in [-0.2, -0.15) is 0 Å². The van der Waals surface area contributed by atoms with Crippen molar-refractivity contribution in [1.82, 2.24) is 10.2 Å². The van der Waals surface area contributed by atoms with Crippen LogP contribution in [0.3, 0.4) is 0 Å². The quantitative estimate of drug-likeness (QED) is 0.372. The van der Waals surface area contributed by atoms with E-state index >= 15 is 0 Å². The first kappa shape index (κ1) is 20.2. The van der Waals surface area contributed by atoms with Gasteiger partial charge in [0.05, 0.1) is 7.11 Å². The molecule has 5 aromatic rings. The number of aromatic nitrogens is 2. The van der Waals surface area contributed by atoms with Crippen LogP contribution in [0.5, 0.6) is 5.75 Å². The molecule has 33 heavy (non-hydrogen) atoms. The number of nitrogens with one attached hydrogen (secondary N) is 1. The number of hydrogen-bond acceptors (Lipinski definition) is 7. The van der Waals surface area contributed by atoms with E-state index in [9.17, 15) is 9.59 Å². The third-order valence-electron chi connectivity index (χ3n) is 5.03. The van der Waals surface area contributed by atoms with E-state index in [0.717, 1.165) is 5.39 Å². The van der Waals surface area contributed by atoms with Crippen molar-refractivity contribution in [3.05, 3.63) is 95.6 Å². The standard InChI is InChI=1S/C25H17N3O5/c1-31-19-9-5-8-18-14-20(32-22(18)19)24-27-28-25(33-24)26-23(30)17-12-10-16(11-13-17)21(29)15-6-3-2-4-7-15/h2-14H,1H3,(H,26,28,30). The van der Waals surface area contributed by atoms with Crippen LogP contribution in [0, 0.1) is 0 Å². The number of nitrogens with zero attached hydrogens (tertiary/aromatic N) is 2. The highest BCUT2D eigenvalue weighted by Crippen LogP contribution is 2.33. The lowest BCUT2D eigenvalue weighted by Gasteiger charge is -2.03. The lowest BCUT2D eigenvalue weighted by molar-refractivity contribution is 0.101. The van der Waals surface area contributed by atoms with Crippen LogP contribution in [0.4, 0.5) is 6.01 Å². The maximum Gasteiger partial charge on any atom is 0.322 e. The molecule has 162 valence electrons. The monoisotopic (exact) mass is 439 g/mol. The van der Waals surface area contributed by atoms with Crippen LogP contribution in [-0.2, 0) is 0 Å². The molecule has 0 atom stereocenters. The summed E-state index contributed by atoms with van der Waals surface area (Å²) in [4.78, 5) is 25.1. The van der Waals surface area contributed by atoms with Crippen molar-refractivity contribution in [2.45, 2.75) is 0 Å². The minimum Gasteiger partial charge on any atom is -0.493 e. The zero-order valence-electron chi connectivity index (χ0n) is 17.4. The van der Waals surface area contributed by atoms with Gasteiger partial charge in [-0.25, -0.2) is 0 Å². The van der Waals surface area contributed by atoms with E-state index in [1.807, 2.05) is 18.2 Å². The van der Waals surface area contributed by atoms with Crippen LogP contribution < -0.4 is 10.1 Å². The van der Waals surface area contributed by atoms with Gasteiger partial charge in [-0.15, -0.1) is 5.10 Å². The Balaban J connectivity index is 1.31. The summed E-state index contributed by atoms with van der Waals surface area (Å²) in [6.07, 6.45) is 0. The van der Waals surface area contributed by atoms with Gasteiger partial charge in [-0.05, 0) is 24.3 Å². The molecule has 0 spiro atoms. The molecule has 1 amide bonds. The van der Waals surface area contributed by atoms with Gasteiger partial charge in [0.25, 0.3) is 11.8 Å².